The van der Waals surface area contributed by atoms with Crippen molar-refractivity contribution in [2.75, 3.05) is 17.7 Å². The smallest absolute Gasteiger partial charge is 0.236 e. The normalized spacial score (nSPS) is 16.2. The Morgan fingerprint density at radius 2 is 2.08 bits per heavy atom. The van der Waals surface area contributed by atoms with Gasteiger partial charge in [0, 0.05) is 13.1 Å². The SMILES string of the molecule is CN1C(=O)C(Cc2ccc(F)cc2F)c2nc(N)nc(-c3ccco3)c21. The Hall–Kier alpha value is -3.29. The molecule has 3 aromatic rings. The lowest BCUT2D eigenvalue weighted by Crippen LogP contribution is -2.25. The number of fused-ring (bicyclic) bond motifs is 1. The van der Waals surface area contributed by atoms with Crippen LogP contribution in [-0.4, -0.2) is 22.9 Å². The number of benzene rings is 1. The molecule has 0 saturated carbocycles. The molecule has 3 heterocycles. The van der Waals surface area contributed by atoms with E-state index in [1.807, 2.05) is 0 Å². The van der Waals surface area contributed by atoms with Crippen LogP contribution in [0.15, 0.2) is 41.0 Å². The minimum absolute atomic E-state index is 0.0113. The molecule has 8 heteroatoms. The fourth-order valence-electron chi connectivity index (χ4n) is 3.20. The van der Waals surface area contributed by atoms with Crippen LogP contribution in [0.3, 0.4) is 0 Å². The molecule has 1 aliphatic heterocycles. The zero-order valence-corrected chi connectivity index (χ0v) is 13.7. The summed E-state index contributed by atoms with van der Waals surface area (Å²) in [5.74, 6) is -1.95. The summed E-state index contributed by atoms with van der Waals surface area (Å²) in [6, 6.07) is 6.68. The highest BCUT2D eigenvalue weighted by atomic mass is 19.1. The van der Waals surface area contributed by atoms with Crippen molar-refractivity contribution in [3.63, 3.8) is 0 Å². The molecule has 0 radical (unpaired) electrons. The number of furan rings is 1. The monoisotopic (exact) mass is 356 g/mol. The topological polar surface area (TPSA) is 85.2 Å². The molecule has 0 bridgehead atoms. The van der Waals surface area contributed by atoms with E-state index in [-0.39, 0.29) is 23.8 Å². The predicted molar refractivity (Wildman–Crippen MR) is 90.4 cm³/mol. The summed E-state index contributed by atoms with van der Waals surface area (Å²) >= 11 is 0. The van der Waals surface area contributed by atoms with Gasteiger partial charge in [-0.25, -0.2) is 18.7 Å². The number of likely N-dealkylation sites (N-methyl/N-ethyl adjacent to an activating group) is 1. The standard InChI is InChI=1S/C18H14F2N4O2/c1-24-16-14(22-18(21)23-15(16)13-3-2-6-26-13)11(17(24)25)7-9-4-5-10(19)8-12(9)20/h2-6,8,11H,7H2,1H3,(H2,21,22,23). The van der Waals surface area contributed by atoms with Gasteiger partial charge < -0.3 is 15.1 Å². The summed E-state index contributed by atoms with van der Waals surface area (Å²) in [5, 5.41) is 0. The lowest BCUT2D eigenvalue weighted by Gasteiger charge is -2.12. The van der Waals surface area contributed by atoms with E-state index in [9.17, 15) is 13.6 Å². The molecule has 1 aromatic carbocycles. The van der Waals surface area contributed by atoms with Gasteiger partial charge in [-0.2, -0.15) is 0 Å². The van der Waals surface area contributed by atoms with Crippen LogP contribution < -0.4 is 10.6 Å². The van der Waals surface area contributed by atoms with Gasteiger partial charge >= 0.3 is 0 Å². The summed E-state index contributed by atoms with van der Waals surface area (Å²) in [6.45, 7) is 0. The molecular weight excluding hydrogens is 342 g/mol. The van der Waals surface area contributed by atoms with Gasteiger partial charge in [0.05, 0.1) is 23.6 Å². The van der Waals surface area contributed by atoms with Crippen molar-refractivity contribution in [3.8, 4) is 11.5 Å². The fraction of sp³-hybridized carbons (Fsp3) is 0.167. The lowest BCUT2D eigenvalue weighted by molar-refractivity contribution is -0.119. The van der Waals surface area contributed by atoms with E-state index in [2.05, 4.69) is 9.97 Å². The van der Waals surface area contributed by atoms with E-state index >= 15 is 0 Å². The molecule has 1 atom stereocenters. The highest BCUT2D eigenvalue weighted by molar-refractivity contribution is 6.07. The summed E-state index contributed by atoms with van der Waals surface area (Å²) in [7, 11) is 1.59. The third kappa shape index (κ3) is 2.50. The summed E-state index contributed by atoms with van der Waals surface area (Å²) in [4.78, 5) is 22.6. The van der Waals surface area contributed by atoms with Crippen molar-refractivity contribution in [2.45, 2.75) is 12.3 Å². The number of aromatic nitrogens is 2. The Bertz CT molecular complexity index is 1000. The van der Waals surface area contributed by atoms with Gasteiger partial charge in [0.1, 0.15) is 17.3 Å². The van der Waals surface area contributed by atoms with Crippen molar-refractivity contribution >= 4 is 17.5 Å². The van der Waals surface area contributed by atoms with Crippen LogP contribution in [-0.2, 0) is 11.2 Å². The predicted octanol–water partition coefficient (Wildman–Crippen LogP) is 2.90. The largest absolute Gasteiger partial charge is 0.463 e. The zero-order chi connectivity index (χ0) is 18.4. The first-order valence-corrected chi connectivity index (χ1v) is 7.88. The van der Waals surface area contributed by atoms with Crippen molar-refractivity contribution in [2.24, 2.45) is 0 Å². The van der Waals surface area contributed by atoms with Gasteiger partial charge in [0.25, 0.3) is 0 Å². The van der Waals surface area contributed by atoms with Crippen LogP contribution in [0, 0.1) is 11.6 Å². The van der Waals surface area contributed by atoms with Crippen molar-refractivity contribution in [1.82, 2.24) is 9.97 Å². The van der Waals surface area contributed by atoms with Crippen LogP contribution >= 0.6 is 0 Å². The molecule has 1 aliphatic rings. The van der Waals surface area contributed by atoms with E-state index in [0.29, 0.717) is 22.8 Å². The third-order valence-electron chi connectivity index (χ3n) is 4.42. The molecule has 26 heavy (non-hydrogen) atoms. The van der Waals surface area contributed by atoms with Gasteiger partial charge in [-0.1, -0.05) is 6.07 Å². The minimum Gasteiger partial charge on any atom is -0.463 e. The van der Waals surface area contributed by atoms with Gasteiger partial charge in [0.15, 0.2) is 5.76 Å². The average molecular weight is 356 g/mol. The highest BCUT2D eigenvalue weighted by Gasteiger charge is 2.40. The summed E-state index contributed by atoms with van der Waals surface area (Å²) < 4.78 is 32.6. The van der Waals surface area contributed by atoms with Crippen molar-refractivity contribution in [3.05, 3.63) is 59.5 Å². The molecule has 132 valence electrons. The van der Waals surface area contributed by atoms with E-state index in [0.717, 1.165) is 12.1 Å². The molecule has 0 aliphatic carbocycles. The second-order valence-electron chi connectivity index (χ2n) is 6.03. The van der Waals surface area contributed by atoms with Crippen LogP contribution in [0.5, 0.6) is 0 Å². The molecule has 1 unspecified atom stereocenters. The van der Waals surface area contributed by atoms with E-state index in [1.54, 1.807) is 19.2 Å². The fourth-order valence-corrected chi connectivity index (χ4v) is 3.20. The number of hydrogen-bond donors (Lipinski definition) is 1. The van der Waals surface area contributed by atoms with Crippen LogP contribution in [0.1, 0.15) is 17.2 Å². The van der Waals surface area contributed by atoms with Gasteiger partial charge in [-0.15, -0.1) is 0 Å². The average Bonchev–Trinajstić information content (AvgIpc) is 3.20. The molecule has 4 rings (SSSR count). The Kier molecular flexibility index (Phi) is 3.68. The Morgan fingerprint density at radius 1 is 1.27 bits per heavy atom. The van der Waals surface area contributed by atoms with Crippen LogP contribution in [0.4, 0.5) is 20.4 Å². The number of hydrogen-bond acceptors (Lipinski definition) is 5. The maximum Gasteiger partial charge on any atom is 0.236 e. The molecule has 6 nitrogen and oxygen atoms in total. The number of rotatable bonds is 3. The summed E-state index contributed by atoms with van der Waals surface area (Å²) in [5.41, 5.74) is 7.32. The number of carbonyl (C=O) groups excluding carboxylic acids is 1. The lowest BCUT2D eigenvalue weighted by atomic mass is 9.96. The zero-order valence-electron chi connectivity index (χ0n) is 13.7. The van der Waals surface area contributed by atoms with Crippen molar-refractivity contribution in [1.29, 1.82) is 0 Å². The maximum atomic E-state index is 14.0. The molecule has 0 fully saturated rings. The summed E-state index contributed by atoms with van der Waals surface area (Å²) in [6.07, 6.45) is 1.53. The Labute approximate surface area is 147 Å². The Morgan fingerprint density at radius 3 is 2.77 bits per heavy atom. The van der Waals surface area contributed by atoms with Crippen LogP contribution in [0.25, 0.3) is 11.5 Å². The van der Waals surface area contributed by atoms with Gasteiger partial charge in [0.2, 0.25) is 11.9 Å². The quantitative estimate of drug-likeness (QED) is 0.780. The first kappa shape index (κ1) is 16.2. The van der Waals surface area contributed by atoms with Crippen LogP contribution in [0.2, 0.25) is 0 Å². The molecule has 0 spiro atoms. The van der Waals surface area contributed by atoms with Gasteiger partial charge in [-0.05, 0) is 30.2 Å². The number of halogens is 2. The van der Waals surface area contributed by atoms with E-state index in [1.165, 1.54) is 17.2 Å². The van der Waals surface area contributed by atoms with E-state index in [4.69, 9.17) is 10.2 Å². The molecule has 2 aromatic heterocycles. The molecule has 2 N–H and O–H groups in total. The first-order valence-electron chi connectivity index (χ1n) is 7.88. The second kappa shape index (κ2) is 5.91. The number of nitrogens with zero attached hydrogens (tertiary/aromatic N) is 3. The van der Waals surface area contributed by atoms with Crippen molar-refractivity contribution < 1.29 is 18.0 Å². The number of carbonyl (C=O) groups is 1. The molecule has 0 saturated heterocycles. The van der Waals surface area contributed by atoms with E-state index < -0.39 is 17.6 Å². The number of anilines is 2. The second-order valence-corrected chi connectivity index (χ2v) is 6.03. The highest BCUT2D eigenvalue weighted by Crippen LogP contribution is 2.43. The maximum absolute atomic E-state index is 14.0. The number of nitrogen functional groups attached to an aromatic ring is 1. The number of amides is 1. The van der Waals surface area contributed by atoms with Gasteiger partial charge in [-0.3, -0.25) is 4.79 Å². The minimum atomic E-state index is -0.742. The molecular formula is C18H14F2N4O2. The Balaban J connectivity index is 1.82. The molecule has 1 amide bonds. The third-order valence-corrected chi connectivity index (χ3v) is 4.42. The first-order chi connectivity index (χ1) is 12.5. The number of nitrogens with two attached hydrogens (primary N) is 1.